The lowest BCUT2D eigenvalue weighted by atomic mass is 9.74. The largest absolute Gasteiger partial charge is 0.272 e. The van der Waals surface area contributed by atoms with Crippen molar-refractivity contribution in [1.82, 2.24) is 0 Å². The van der Waals surface area contributed by atoms with Crippen LogP contribution in [0.4, 0.5) is 11.4 Å². The van der Waals surface area contributed by atoms with Gasteiger partial charge in [0.2, 0.25) is 0 Å². The molecule has 1 heterocycles. The van der Waals surface area contributed by atoms with Crippen LogP contribution in [0.1, 0.15) is 26.2 Å². The van der Waals surface area contributed by atoms with Gasteiger partial charge in [0.25, 0.3) is 11.8 Å². The maximum Gasteiger partial charge on any atom is 0.260 e. The van der Waals surface area contributed by atoms with Crippen LogP contribution in [0.15, 0.2) is 60.7 Å². The average molecular weight is 359 g/mol. The van der Waals surface area contributed by atoms with E-state index in [-0.39, 0.29) is 11.8 Å². The Labute approximate surface area is 158 Å². The molecule has 2 aliphatic rings. The van der Waals surface area contributed by atoms with E-state index < -0.39 is 11.3 Å². The van der Waals surface area contributed by atoms with Crippen LogP contribution in [0.2, 0.25) is 0 Å². The van der Waals surface area contributed by atoms with Crippen LogP contribution in [-0.4, -0.2) is 11.8 Å². The second-order valence-corrected chi connectivity index (χ2v) is 7.52. The number of nitrogens with zero attached hydrogens (tertiary/aromatic N) is 3. The summed E-state index contributed by atoms with van der Waals surface area (Å²) >= 11 is 0. The van der Waals surface area contributed by atoms with Crippen molar-refractivity contribution in [1.29, 1.82) is 5.26 Å². The zero-order valence-electron chi connectivity index (χ0n) is 15.2. The minimum Gasteiger partial charge on any atom is -0.272 e. The summed E-state index contributed by atoms with van der Waals surface area (Å²) in [5.41, 5.74) is 0.326. The molecule has 0 spiro atoms. The van der Waals surface area contributed by atoms with E-state index in [2.05, 4.69) is 13.0 Å². The molecule has 27 heavy (non-hydrogen) atoms. The highest BCUT2D eigenvalue weighted by molar-refractivity contribution is 6.23. The number of carbonyl (C=O) groups is 2. The number of para-hydroxylation sites is 2. The summed E-state index contributed by atoms with van der Waals surface area (Å²) < 4.78 is 0. The Bertz CT molecular complexity index is 849. The van der Waals surface area contributed by atoms with Crippen molar-refractivity contribution >= 4 is 23.2 Å². The molecule has 1 saturated carbocycles. The maximum atomic E-state index is 13.5. The first-order chi connectivity index (χ1) is 13.1. The molecule has 2 atom stereocenters. The lowest BCUT2D eigenvalue weighted by Gasteiger charge is -2.27. The van der Waals surface area contributed by atoms with E-state index in [0.717, 1.165) is 6.42 Å². The van der Waals surface area contributed by atoms with E-state index in [1.165, 1.54) is 10.0 Å². The molecule has 2 aromatic carbocycles. The van der Waals surface area contributed by atoms with Gasteiger partial charge in [0, 0.05) is 0 Å². The first kappa shape index (κ1) is 17.3. The fourth-order valence-corrected chi connectivity index (χ4v) is 4.40. The zero-order valence-corrected chi connectivity index (χ0v) is 15.2. The molecule has 2 amide bonds. The van der Waals surface area contributed by atoms with Crippen molar-refractivity contribution in [3.8, 4) is 6.07 Å². The van der Waals surface area contributed by atoms with Crippen molar-refractivity contribution < 1.29 is 9.59 Å². The quantitative estimate of drug-likeness (QED) is 0.780. The summed E-state index contributed by atoms with van der Waals surface area (Å²) in [5.74, 6) is -1.26. The van der Waals surface area contributed by atoms with E-state index in [0.29, 0.717) is 30.1 Å². The highest BCUT2D eigenvalue weighted by Gasteiger charge is 2.59. The van der Waals surface area contributed by atoms with Gasteiger partial charge in [-0.25, -0.2) is 10.0 Å². The van der Waals surface area contributed by atoms with Crippen molar-refractivity contribution in [2.24, 2.45) is 17.3 Å². The van der Waals surface area contributed by atoms with E-state index in [1.807, 2.05) is 36.4 Å². The van der Waals surface area contributed by atoms with E-state index >= 15 is 0 Å². The number of hydrogen-bond donors (Lipinski definition) is 0. The molecular formula is C22H21N3O2. The second-order valence-electron chi connectivity index (χ2n) is 7.52. The van der Waals surface area contributed by atoms with Gasteiger partial charge in [0.05, 0.1) is 22.9 Å². The minimum atomic E-state index is -0.965. The SMILES string of the molecule is C[C@H]1CC[C@](C#N)(C2C(=O)N(c3ccccc3)N(c3ccccc3)C2=O)C1. The molecule has 2 fully saturated rings. The topological polar surface area (TPSA) is 64.4 Å². The number of hydrogen-bond acceptors (Lipinski definition) is 3. The third-order valence-electron chi connectivity index (χ3n) is 5.68. The van der Waals surface area contributed by atoms with Crippen LogP contribution in [-0.2, 0) is 9.59 Å². The number of carbonyl (C=O) groups excluding carboxylic acids is 2. The van der Waals surface area contributed by atoms with Crippen LogP contribution < -0.4 is 10.0 Å². The Balaban J connectivity index is 1.84. The van der Waals surface area contributed by atoms with E-state index in [1.54, 1.807) is 24.3 Å². The second kappa shape index (κ2) is 6.55. The summed E-state index contributed by atoms with van der Waals surface area (Å²) in [7, 11) is 0. The molecule has 0 unspecified atom stereocenters. The summed E-state index contributed by atoms with van der Waals surface area (Å²) in [5, 5.41) is 12.8. The molecular weight excluding hydrogens is 338 g/mol. The third kappa shape index (κ3) is 2.69. The monoisotopic (exact) mass is 359 g/mol. The predicted molar refractivity (Wildman–Crippen MR) is 102 cm³/mol. The number of benzene rings is 2. The Kier molecular flexibility index (Phi) is 4.19. The van der Waals surface area contributed by atoms with Crippen molar-refractivity contribution in [2.45, 2.75) is 26.2 Å². The molecule has 1 saturated heterocycles. The van der Waals surface area contributed by atoms with Gasteiger partial charge in [0.1, 0.15) is 5.92 Å². The number of anilines is 2. The molecule has 1 aliphatic carbocycles. The average Bonchev–Trinajstić information content (AvgIpc) is 3.20. The fraction of sp³-hybridized carbons (Fsp3) is 0.318. The van der Waals surface area contributed by atoms with Crippen molar-refractivity contribution in [3.05, 3.63) is 60.7 Å². The molecule has 0 bridgehead atoms. The van der Waals surface area contributed by atoms with Gasteiger partial charge in [-0.15, -0.1) is 0 Å². The summed E-state index contributed by atoms with van der Waals surface area (Å²) in [6.45, 7) is 2.08. The summed E-state index contributed by atoms with van der Waals surface area (Å²) in [6.07, 6.45) is 2.02. The molecule has 2 aromatic rings. The van der Waals surface area contributed by atoms with Gasteiger partial charge >= 0.3 is 0 Å². The normalized spacial score (nSPS) is 25.9. The highest BCUT2D eigenvalue weighted by Crippen LogP contribution is 2.50. The zero-order chi connectivity index (χ0) is 19.0. The Morgan fingerprint density at radius 1 is 0.926 bits per heavy atom. The number of hydrazine groups is 1. The van der Waals surface area contributed by atoms with E-state index in [9.17, 15) is 14.9 Å². The highest BCUT2D eigenvalue weighted by atomic mass is 16.2. The number of nitriles is 1. The summed E-state index contributed by atoms with van der Waals surface area (Å²) in [6, 6.07) is 20.7. The van der Waals surface area contributed by atoms with Crippen LogP contribution >= 0.6 is 0 Å². The lowest BCUT2D eigenvalue weighted by molar-refractivity contribution is -0.130. The maximum absolute atomic E-state index is 13.5. The standard InChI is InChI=1S/C22H21N3O2/c1-16-12-13-22(14-16,15-23)19-20(26)24(17-8-4-2-5-9-17)25(21(19)27)18-10-6-3-7-11-18/h2-11,16,19H,12-14H2,1H3/t16-,22-/m0/s1. The molecule has 0 radical (unpaired) electrons. The molecule has 5 nitrogen and oxygen atoms in total. The van der Waals surface area contributed by atoms with Gasteiger partial charge in [-0.3, -0.25) is 9.59 Å². The smallest absolute Gasteiger partial charge is 0.260 e. The number of rotatable bonds is 3. The first-order valence-electron chi connectivity index (χ1n) is 9.26. The minimum absolute atomic E-state index is 0.314. The molecule has 1 aliphatic heterocycles. The van der Waals surface area contributed by atoms with Crippen molar-refractivity contribution in [3.63, 3.8) is 0 Å². The Hall–Kier alpha value is -3.13. The van der Waals surface area contributed by atoms with Crippen LogP contribution in [0.3, 0.4) is 0 Å². The van der Waals surface area contributed by atoms with Crippen LogP contribution in [0.25, 0.3) is 0 Å². The number of amides is 2. The Morgan fingerprint density at radius 2 is 1.41 bits per heavy atom. The van der Waals surface area contributed by atoms with Crippen molar-refractivity contribution in [2.75, 3.05) is 10.0 Å². The molecule has 5 heteroatoms. The molecule has 0 N–H and O–H groups in total. The van der Waals surface area contributed by atoms with Gasteiger partial charge in [-0.1, -0.05) is 43.3 Å². The van der Waals surface area contributed by atoms with Gasteiger partial charge in [-0.2, -0.15) is 5.26 Å². The van der Waals surface area contributed by atoms with Crippen LogP contribution in [0, 0.1) is 28.6 Å². The molecule has 136 valence electrons. The predicted octanol–water partition coefficient (Wildman–Crippen LogP) is 3.93. The Morgan fingerprint density at radius 3 is 1.78 bits per heavy atom. The van der Waals surface area contributed by atoms with Crippen LogP contribution in [0.5, 0.6) is 0 Å². The summed E-state index contributed by atoms with van der Waals surface area (Å²) in [4.78, 5) is 26.9. The van der Waals surface area contributed by atoms with E-state index in [4.69, 9.17) is 0 Å². The van der Waals surface area contributed by atoms with Gasteiger partial charge in [0.15, 0.2) is 0 Å². The third-order valence-corrected chi connectivity index (χ3v) is 5.68. The van der Waals surface area contributed by atoms with Gasteiger partial charge < -0.3 is 0 Å². The molecule has 0 aromatic heterocycles. The van der Waals surface area contributed by atoms with Gasteiger partial charge in [-0.05, 0) is 49.4 Å². The molecule has 4 rings (SSSR count). The fourth-order valence-electron chi connectivity index (χ4n) is 4.40. The lowest BCUT2D eigenvalue weighted by Crippen LogP contribution is -2.41. The first-order valence-corrected chi connectivity index (χ1v) is 9.26.